The molecule has 1 fully saturated rings. The van der Waals surface area contributed by atoms with E-state index in [9.17, 15) is 14.4 Å². The monoisotopic (exact) mass is 438 g/mol. The first-order chi connectivity index (χ1) is 12.8. The van der Waals surface area contributed by atoms with Crippen LogP contribution in [0.25, 0.3) is 0 Å². The van der Waals surface area contributed by atoms with Crippen molar-refractivity contribution in [2.24, 2.45) is 0 Å². The molecule has 2 N–H and O–H groups in total. The van der Waals surface area contributed by atoms with Crippen LogP contribution in [0, 0.1) is 13.8 Å². The van der Waals surface area contributed by atoms with Crippen molar-refractivity contribution >= 4 is 39.4 Å². The molecule has 0 spiro atoms. The second-order valence-electron chi connectivity index (χ2n) is 7.03. The van der Waals surface area contributed by atoms with E-state index in [2.05, 4.69) is 26.6 Å². The number of aryl methyl sites for hydroxylation is 2. The Labute approximate surface area is 168 Å². The molecule has 27 heavy (non-hydrogen) atoms. The molecule has 0 radical (unpaired) electrons. The summed E-state index contributed by atoms with van der Waals surface area (Å²) >= 11 is 3.44. The Morgan fingerprint density at radius 2 is 1.74 bits per heavy atom. The van der Waals surface area contributed by atoms with Crippen molar-refractivity contribution in [1.29, 1.82) is 0 Å². The number of carbonyl (C=O) groups excluding carboxylic acids is 3. The van der Waals surface area contributed by atoms with Crippen LogP contribution < -0.4 is 10.6 Å². The predicted octanol–water partition coefficient (Wildman–Crippen LogP) is 3.78. The lowest BCUT2D eigenvalue weighted by atomic mass is 9.95. The van der Waals surface area contributed by atoms with Crippen molar-refractivity contribution in [2.45, 2.75) is 64.8 Å². The van der Waals surface area contributed by atoms with Gasteiger partial charge in [-0.3, -0.25) is 14.4 Å². The van der Waals surface area contributed by atoms with Gasteiger partial charge in [0.1, 0.15) is 0 Å². The number of benzene rings is 1. The molecule has 2 amide bonds. The van der Waals surface area contributed by atoms with Crippen molar-refractivity contribution in [1.82, 2.24) is 5.32 Å². The highest BCUT2D eigenvalue weighted by atomic mass is 79.9. The maximum atomic E-state index is 12.0. The van der Waals surface area contributed by atoms with Gasteiger partial charge < -0.3 is 15.4 Å². The zero-order valence-electron chi connectivity index (χ0n) is 15.9. The molecule has 1 aromatic carbocycles. The van der Waals surface area contributed by atoms with E-state index in [0.717, 1.165) is 41.3 Å². The lowest BCUT2D eigenvalue weighted by Crippen LogP contribution is -2.36. The average molecular weight is 439 g/mol. The van der Waals surface area contributed by atoms with Gasteiger partial charge in [-0.25, -0.2) is 0 Å². The van der Waals surface area contributed by atoms with E-state index in [4.69, 9.17) is 4.74 Å². The van der Waals surface area contributed by atoms with Crippen LogP contribution in [0.15, 0.2) is 16.6 Å². The molecule has 0 aliphatic heterocycles. The molecule has 0 unspecified atom stereocenters. The molecule has 0 heterocycles. The minimum Gasteiger partial charge on any atom is -0.456 e. The molecular formula is C20H27BrN2O4. The van der Waals surface area contributed by atoms with Gasteiger partial charge in [0.15, 0.2) is 6.61 Å². The number of hydrogen-bond donors (Lipinski definition) is 2. The molecular weight excluding hydrogens is 412 g/mol. The van der Waals surface area contributed by atoms with Crippen molar-refractivity contribution in [2.75, 3.05) is 11.9 Å². The number of hydrogen-bond acceptors (Lipinski definition) is 4. The smallest absolute Gasteiger partial charge is 0.306 e. The number of esters is 1. The number of amides is 2. The Bertz CT molecular complexity index is 699. The lowest BCUT2D eigenvalue weighted by Gasteiger charge is -2.22. The van der Waals surface area contributed by atoms with E-state index in [-0.39, 0.29) is 31.4 Å². The molecule has 2 rings (SSSR count). The molecule has 1 aliphatic rings. The minimum absolute atomic E-state index is 0.0255. The van der Waals surface area contributed by atoms with Gasteiger partial charge in [0.2, 0.25) is 5.91 Å². The molecule has 1 saturated carbocycles. The van der Waals surface area contributed by atoms with Crippen LogP contribution in [-0.2, 0) is 19.1 Å². The fourth-order valence-electron chi connectivity index (χ4n) is 3.08. The summed E-state index contributed by atoms with van der Waals surface area (Å²) in [6.07, 6.45) is 5.57. The second kappa shape index (κ2) is 10.4. The maximum absolute atomic E-state index is 12.0. The van der Waals surface area contributed by atoms with E-state index >= 15 is 0 Å². The summed E-state index contributed by atoms with van der Waals surface area (Å²) < 4.78 is 5.94. The first-order valence-corrected chi connectivity index (χ1v) is 10.2. The number of carbonyl (C=O) groups is 3. The van der Waals surface area contributed by atoms with Gasteiger partial charge in [0.25, 0.3) is 5.91 Å². The Morgan fingerprint density at radius 1 is 1.04 bits per heavy atom. The third-order valence-electron chi connectivity index (χ3n) is 4.67. The van der Waals surface area contributed by atoms with Gasteiger partial charge in [0, 0.05) is 22.6 Å². The van der Waals surface area contributed by atoms with Gasteiger partial charge in [-0.15, -0.1) is 0 Å². The van der Waals surface area contributed by atoms with Gasteiger partial charge in [-0.05, 0) is 49.9 Å². The van der Waals surface area contributed by atoms with E-state index in [1.165, 1.54) is 6.42 Å². The number of halogens is 1. The van der Waals surface area contributed by atoms with Crippen LogP contribution in [0.4, 0.5) is 5.69 Å². The zero-order valence-corrected chi connectivity index (χ0v) is 17.5. The van der Waals surface area contributed by atoms with Crippen molar-refractivity contribution < 1.29 is 19.1 Å². The van der Waals surface area contributed by atoms with Crippen LogP contribution in [0.1, 0.15) is 56.1 Å². The number of rotatable bonds is 7. The number of nitrogens with one attached hydrogen (secondary N) is 2. The molecule has 0 atom stereocenters. The summed E-state index contributed by atoms with van der Waals surface area (Å²) in [6.45, 7) is 3.45. The van der Waals surface area contributed by atoms with Crippen LogP contribution in [0.5, 0.6) is 0 Å². The SMILES string of the molecule is Cc1cc(NC(=O)COC(=O)CCC(=O)NC2CCCCC2)c(C)cc1Br. The van der Waals surface area contributed by atoms with Gasteiger partial charge in [-0.1, -0.05) is 35.2 Å². The summed E-state index contributed by atoms with van der Waals surface area (Å²) in [6, 6.07) is 4.00. The Hall–Kier alpha value is -1.89. The molecule has 0 saturated heterocycles. The largest absolute Gasteiger partial charge is 0.456 e. The summed E-state index contributed by atoms with van der Waals surface area (Å²) in [7, 11) is 0. The highest BCUT2D eigenvalue weighted by molar-refractivity contribution is 9.10. The summed E-state index contributed by atoms with van der Waals surface area (Å²) in [5.74, 6) is -1.09. The summed E-state index contributed by atoms with van der Waals surface area (Å²) in [4.78, 5) is 35.7. The third kappa shape index (κ3) is 7.33. The van der Waals surface area contributed by atoms with Crippen molar-refractivity contribution in [3.8, 4) is 0 Å². The number of anilines is 1. The fourth-order valence-corrected chi connectivity index (χ4v) is 3.54. The first-order valence-electron chi connectivity index (χ1n) is 9.36. The highest BCUT2D eigenvalue weighted by Gasteiger charge is 2.17. The molecule has 148 valence electrons. The average Bonchev–Trinajstić information content (AvgIpc) is 2.63. The fraction of sp³-hybridized carbons (Fsp3) is 0.550. The molecule has 0 bridgehead atoms. The lowest BCUT2D eigenvalue weighted by molar-refractivity contribution is -0.148. The van der Waals surface area contributed by atoms with Crippen LogP contribution in [0.2, 0.25) is 0 Å². The Balaban J connectivity index is 1.68. The standard InChI is InChI=1S/C20H27BrN2O4/c1-13-11-17(14(2)10-16(13)21)23-19(25)12-27-20(26)9-8-18(24)22-15-6-4-3-5-7-15/h10-11,15H,3-9,12H2,1-2H3,(H,22,24)(H,23,25). The molecule has 1 aliphatic carbocycles. The second-order valence-corrected chi connectivity index (χ2v) is 7.88. The first kappa shape index (κ1) is 21.4. The van der Waals surface area contributed by atoms with E-state index in [1.807, 2.05) is 26.0 Å². The molecule has 0 aromatic heterocycles. The highest BCUT2D eigenvalue weighted by Crippen LogP contribution is 2.24. The number of ether oxygens (including phenoxy) is 1. The molecule has 6 nitrogen and oxygen atoms in total. The zero-order chi connectivity index (χ0) is 19.8. The van der Waals surface area contributed by atoms with Crippen molar-refractivity contribution in [3.63, 3.8) is 0 Å². The maximum Gasteiger partial charge on any atom is 0.306 e. The normalized spacial score (nSPS) is 14.5. The Morgan fingerprint density at radius 3 is 2.44 bits per heavy atom. The van der Waals surface area contributed by atoms with Gasteiger partial charge in [0.05, 0.1) is 6.42 Å². The summed E-state index contributed by atoms with van der Waals surface area (Å²) in [5, 5.41) is 5.69. The van der Waals surface area contributed by atoms with Crippen LogP contribution in [0.3, 0.4) is 0 Å². The minimum atomic E-state index is -0.548. The van der Waals surface area contributed by atoms with E-state index in [1.54, 1.807) is 0 Å². The molecule has 7 heteroatoms. The van der Waals surface area contributed by atoms with Crippen molar-refractivity contribution in [3.05, 3.63) is 27.7 Å². The Kier molecular flexibility index (Phi) is 8.28. The predicted molar refractivity (Wildman–Crippen MR) is 107 cm³/mol. The third-order valence-corrected chi connectivity index (χ3v) is 5.52. The van der Waals surface area contributed by atoms with Crippen LogP contribution >= 0.6 is 15.9 Å². The van der Waals surface area contributed by atoms with Gasteiger partial charge in [-0.2, -0.15) is 0 Å². The summed E-state index contributed by atoms with van der Waals surface area (Å²) in [5.41, 5.74) is 2.59. The van der Waals surface area contributed by atoms with E-state index < -0.39 is 11.9 Å². The van der Waals surface area contributed by atoms with Crippen LogP contribution in [-0.4, -0.2) is 30.4 Å². The molecule has 1 aromatic rings. The quantitative estimate of drug-likeness (QED) is 0.634. The topological polar surface area (TPSA) is 84.5 Å². The van der Waals surface area contributed by atoms with Gasteiger partial charge >= 0.3 is 5.97 Å². The van der Waals surface area contributed by atoms with E-state index in [0.29, 0.717) is 5.69 Å².